The zero-order valence-corrected chi connectivity index (χ0v) is 30.0. The van der Waals surface area contributed by atoms with Crippen molar-refractivity contribution in [3.63, 3.8) is 0 Å². The fourth-order valence-electron chi connectivity index (χ4n) is 9.69. The van der Waals surface area contributed by atoms with Gasteiger partial charge in [0.1, 0.15) is 0 Å². The molecule has 1 aliphatic carbocycles. The van der Waals surface area contributed by atoms with Gasteiger partial charge in [-0.25, -0.2) is 0 Å². The largest absolute Gasteiger partial charge is 0.309 e. The summed E-state index contributed by atoms with van der Waals surface area (Å²) in [4.78, 5) is 0. The zero-order valence-electron chi connectivity index (χ0n) is 30.0. The van der Waals surface area contributed by atoms with E-state index in [-0.39, 0.29) is 0 Å². The van der Waals surface area contributed by atoms with Gasteiger partial charge >= 0.3 is 0 Å². The molecule has 254 valence electrons. The predicted molar refractivity (Wildman–Crippen MR) is 234 cm³/mol. The van der Waals surface area contributed by atoms with Crippen molar-refractivity contribution in [1.82, 2.24) is 4.57 Å². The summed E-state index contributed by atoms with van der Waals surface area (Å²) in [5, 5.41) is 10.2. The lowest BCUT2D eigenvalue weighted by molar-refractivity contribution is 1.18. The molecule has 0 bridgehead atoms. The Kier molecular flexibility index (Phi) is 6.40. The van der Waals surface area contributed by atoms with Crippen molar-refractivity contribution >= 4 is 54.1 Å². The van der Waals surface area contributed by atoms with Crippen LogP contribution in [0.5, 0.6) is 0 Å². The Labute approximate surface area is 319 Å². The van der Waals surface area contributed by atoms with Crippen LogP contribution in [0.2, 0.25) is 0 Å². The van der Waals surface area contributed by atoms with Crippen LogP contribution >= 0.6 is 0 Å². The van der Waals surface area contributed by atoms with Gasteiger partial charge in [0, 0.05) is 16.5 Å². The van der Waals surface area contributed by atoms with E-state index in [1.165, 1.54) is 115 Å². The first-order valence-corrected chi connectivity index (χ1v) is 19.1. The quantitative estimate of drug-likeness (QED) is 0.162. The minimum atomic E-state index is 1.17. The molecule has 1 heterocycles. The smallest absolute Gasteiger partial charge is 0.0541 e. The molecule has 0 saturated carbocycles. The second-order valence-corrected chi connectivity index (χ2v) is 14.7. The molecule has 1 aromatic heterocycles. The summed E-state index contributed by atoms with van der Waals surface area (Å²) >= 11 is 0. The van der Waals surface area contributed by atoms with Crippen molar-refractivity contribution < 1.29 is 0 Å². The van der Waals surface area contributed by atoms with Crippen LogP contribution in [0.25, 0.3) is 115 Å². The topological polar surface area (TPSA) is 4.93 Å². The molecule has 1 nitrogen and oxygen atoms in total. The number of hydrogen-bond acceptors (Lipinski definition) is 0. The highest BCUT2D eigenvalue weighted by Gasteiger charge is 2.24. The van der Waals surface area contributed by atoms with Gasteiger partial charge in [-0.1, -0.05) is 170 Å². The third-order valence-electron chi connectivity index (χ3n) is 11.9. The highest BCUT2D eigenvalue weighted by Crippen LogP contribution is 2.52. The second-order valence-electron chi connectivity index (χ2n) is 14.7. The first kappa shape index (κ1) is 30.3. The van der Waals surface area contributed by atoms with Crippen LogP contribution in [0.15, 0.2) is 200 Å². The van der Waals surface area contributed by atoms with Crippen LogP contribution in [-0.4, -0.2) is 4.57 Å². The fraction of sp³-hybridized carbons (Fsp3) is 0. The van der Waals surface area contributed by atoms with Crippen LogP contribution < -0.4 is 0 Å². The minimum absolute atomic E-state index is 1.17. The van der Waals surface area contributed by atoms with Crippen LogP contribution in [-0.2, 0) is 0 Å². The molecule has 0 unspecified atom stereocenters. The number of hydrogen-bond donors (Lipinski definition) is 0. The lowest BCUT2D eigenvalue weighted by Gasteiger charge is -2.20. The first-order chi connectivity index (χ1) is 27.3. The third kappa shape index (κ3) is 4.30. The molecule has 1 heteroatoms. The Morgan fingerprint density at radius 2 is 0.709 bits per heavy atom. The summed E-state index contributed by atoms with van der Waals surface area (Å²) in [6.45, 7) is 0. The van der Waals surface area contributed by atoms with Crippen LogP contribution in [0.3, 0.4) is 0 Å². The zero-order chi connectivity index (χ0) is 36.0. The molecule has 0 saturated heterocycles. The first-order valence-electron chi connectivity index (χ1n) is 19.1. The number of para-hydroxylation sites is 2. The molecule has 10 aromatic carbocycles. The molecular weight excluding hydrogens is 663 g/mol. The molecule has 0 fully saturated rings. The Hall–Kier alpha value is -7.22. The highest BCUT2D eigenvalue weighted by molar-refractivity contribution is 6.26. The van der Waals surface area contributed by atoms with E-state index in [0.717, 1.165) is 0 Å². The van der Waals surface area contributed by atoms with Crippen molar-refractivity contribution in [1.29, 1.82) is 0 Å². The minimum Gasteiger partial charge on any atom is -0.309 e. The number of aromatic nitrogens is 1. The standard InChI is InChI=1S/C54H33N/c1-2-15-35(16-3-1)55-50-28-13-12-21-40(50)49-33-34(29-32-51(49)55)52-42-22-8-10-24-44(42)54(45-25-11-9-23-43(45)52)48-31-30-47-39-20-7-5-18-37(39)36-17-4-6-19-38(36)41-26-14-27-46(48)53(41)47/h1-33H. The summed E-state index contributed by atoms with van der Waals surface area (Å²) in [5.41, 5.74) is 16.4. The maximum Gasteiger partial charge on any atom is 0.0541 e. The summed E-state index contributed by atoms with van der Waals surface area (Å²) in [6, 6.07) is 74.1. The van der Waals surface area contributed by atoms with Crippen molar-refractivity contribution in [2.75, 3.05) is 0 Å². The van der Waals surface area contributed by atoms with Crippen molar-refractivity contribution in [3.05, 3.63) is 200 Å². The fourth-order valence-corrected chi connectivity index (χ4v) is 9.69. The summed E-state index contributed by atoms with van der Waals surface area (Å²) < 4.78 is 2.39. The van der Waals surface area contributed by atoms with Gasteiger partial charge in [0.2, 0.25) is 0 Å². The molecule has 0 amide bonds. The maximum absolute atomic E-state index is 2.42. The predicted octanol–water partition coefficient (Wildman–Crippen LogP) is 14.9. The van der Waals surface area contributed by atoms with Crippen molar-refractivity contribution in [3.8, 4) is 61.3 Å². The molecular formula is C54H33N. The molecule has 0 radical (unpaired) electrons. The maximum atomic E-state index is 2.42. The monoisotopic (exact) mass is 695 g/mol. The van der Waals surface area contributed by atoms with Gasteiger partial charge in [-0.3, -0.25) is 0 Å². The average Bonchev–Trinajstić information content (AvgIpc) is 3.53. The van der Waals surface area contributed by atoms with E-state index < -0.39 is 0 Å². The lowest BCUT2D eigenvalue weighted by Crippen LogP contribution is -1.94. The van der Waals surface area contributed by atoms with Gasteiger partial charge in [-0.2, -0.15) is 0 Å². The number of nitrogens with zero attached hydrogens (tertiary/aromatic N) is 1. The molecule has 0 spiro atoms. The van der Waals surface area contributed by atoms with E-state index in [9.17, 15) is 0 Å². The lowest BCUT2D eigenvalue weighted by atomic mass is 9.83. The Morgan fingerprint density at radius 1 is 0.255 bits per heavy atom. The van der Waals surface area contributed by atoms with E-state index in [0.29, 0.717) is 0 Å². The van der Waals surface area contributed by atoms with E-state index in [1.807, 2.05) is 0 Å². The van der Waals surface area contributed by atoms with E-state index in [1.54, 1.807) is 0 Å². The van der Waals surface area contributed by atoms with E-state index in [2.05, 4.69) is 205 Å². The number of rotatable bonds is 3. The SMILES string of the molecule is c1ccc(-n2c3ccccc3c3cc(-c4c5ccccc5c(-c5ccc6c7c(cccc57)-c5ccccc5-c5ccccc5-6)c5ccccc45)ccc32)cc1. The van der Waals surface area contributed by atoms with Gasteiger partial charge in [-0.05, 0) is 118 Å². The van der Waals surface area contributed by atoms with Crippen LogP contribution in [0.1, 0.15) is 0 Å². The van der Waals surface area contributed by atoms with Crippen LogP contribution in [0.4, 0.5) is 0 Å². The molecule has 0 N–H and O–H groups in total. The molecule has 11 aromatic rings. The summed E-state index contributed by atoms with van der Waals surface area (Å²) in [5.74, 6) is 0. The molecule has 1 aliphatic rings. The van der Waals surface area contributed by atoms with Crippen LogP contribution in [0, 0.1) is 0 Å². The van der Waals surface area contributed by atoms with E-state index >= 15 is 0 Å². The average molecular weight is 696 g/mol. The Balaban J connectivity index is 1.16. The highest BCUT2D eigenvalue weighted by atomic mass is 15.0. The number of fused-ring (bicyclic) bond motifs is 10. The second kappa shape index (κ2) is 11.6. The van der Waals surface area contributed by atoms with Gasteiger partial charge in [-0.15, -0.1) is 0 Å². The van der Waals surface area contributed by atoms with Gasteiger partial charge in [0.25, 0.3) is 0 Å². The normalized spacial score (nSPS) is 12.0. The third-order valence-corrected chi connectivity index (χ3v) is 11.9. The molecule has 0 atom stereocenters. The molecule has 55 heavy (non-hydrogen) atoms. The van der Waals surface area contributed by atoms with Gasteiger partial charge in [0.05, 0.1) is 11.0 Å². The summed E-state index contributed by atoms with van der Waals surface area (Å²) in [6.07, 6.45) is 0. The molecule has 12 rings (SSSR count). The Bertz CT molecular complexity index is 3260. The van der Waals surface area contributed by atoms with Gasteiger partial charge in [0.15, 0.2) is 0 Å². The summed E-state index contributed by atoms with van der Waals surface area (Å²) in [7, 11) is 0. The Morgan fingerprint density at radius 3 is 1.36 bits per heavy atom. The molecule has 0 aliphatic heterocycles. The number of benzene rings is 10. The van der Waals surface area contributed by atoms with Crippen molar-refractivity contribution in [2.45, 2.75) is 0 Å². The van der Waals surface area contributed by atoms with E-state index in [4.69, 9.17) is 0 Å². The van der Waals surface area contributed by atoms with Gasteiger partial charge < -0.3 is 4.57 Å². The van der Waals surface area contributed by atoms with Crippen molar-refractivity contribution in [2.24, 2.45) is 0 Å².